The van der Waals surface area contributed by atoms with Gasteiger partial charge in [-0.2, -0.15) is 0 Å². The summed E-state index contributed by atoms with van der Waals surface area (Å²) in [6.45, 7) is 1.91. The molecule has 3 heterocycles. The van der Waals surface area contributed by atoms with E-state index >= 15 is 0 Å². The van der Waals surface area contributed by atoms with Gasteiger partial charge >= 0.3 is 16.8 Å². The van der Waals surface area contributed by atoms with Crippen LogP contribution in [-0.2, 0) is 23.9 Å². The number of carbonyl (C=O) groups excluding carboxylic acids is 3. The van der Waals surface area contributed by atoms with Gasteiger partial charge in [-0.05, 0) is 55.2 Å². The number of aromatic nitrogens is 1. The molecule has 2 aliphatic heterocycles. The Balaban J connectivity index is 1.31. The monoisotopic (exact) mass is 572 g/mol. The molecular weight excluding hydrogens is 544 g/mol. The Labute approximate surface area is 232 Å². The first kappa shape index (κ1) is 26.1. The van der Waals surface area contributed by atoms with E-state index < -0.39 is 23.8 Å². The first-order valence-electron chi connectivity index (χ1n) is 13.1. The molecule has 10 nitrogen and oxygen atoms in total. The van der Waals surface area contributed by atoms with Gasteiger partial charge in [-0.15, -0.1) is 11.8 Å². The molecule has 2 bridgehead atoms. The van der Waals surface area contributed by atoms with Crippen LogP contribution in [0.25, 0.3) is 0 Å². The number of carbonyl (C=O) groups is 4. The maximum absolute atomic E-state index is 13.5. The van der Waals surface area contributed by atoms with Crippen LogP contribution in [0, 0.1) is 29.6 Å². The highest BCUT2D eigenvalue weighted by Gasteiger charge is 2.69. The fraction of sp³-hybridized carbons (Fsp3) is 0.519. The molecule has 2 amide bonds. The van der Waals surface area contributed by atoms with E-state index in [2.05, 4.69) is 4.98 Å². The van der Waals surface area contributed by atoms with Gasteiger partial charge in [0.05, 0.1) is 23.5 Å². The van der Waals surface area contributed by atoms with E-state index in [1.807, 2.05) is 18.2 Å². The van der Waals surface area contributed by atoms with Gasteiger partial charge in [-0.25, -0.2) is 4.79 Å². The van der Waals surface area contributed by atoms with Crippen LogP contribution in [0.4, 0.5) is 0 Å². The lowest BCUT2D eigenvalue weighted by atomic mass is 9.68. The van der Waals surface area contributed by atoms with Crippen molar-refractivity contribution in [3.63, 3.8) is 0 Å². The molecule has 7 atom stereocenters. The number of carboxylic acids is 1. The smallest absolute Gasteiger partial charge is 0.344 e. The maximum atomic E-state index is 13.5. The highest BCUT2D eigenvalue weighted by molar-refractivity contribution is 8.00. The van der Waals surface area contributed by atoms with Crippen LogP contribution < -0.4 is 9.61 Å². The number of nitrogens with one attached hydrogen (secondary N) is 1. The minimum absolute atomic E-state index is 0.00165. The summed E-state index contributed by atoms with van der Waals surface area (Å²) in [6, 6.07) is 7.48. The molecular formula is C27H28N2O8S2. The van der Waals surface area contributed by atoms with Crippen molar-refractivity contribution in [3.8, 4) is 5.75 Å². The molecule has 2 saturated carbocycles. The lowest BCUT2D eigenvalue weighted by Crippen LogP contribution is -2.42. The maximum Gasteiger partial charge on any atom is 0.344 e. The fourth-order valence-corrected chi connectivity index (χ4v) is 10.1. The van der Waals surface area contributed by atoms with Gasteiger partial charge in [-0.3, -0.25) is 24.1 Å². The molecule has 0 radical (unpaired) electrons. The van der Waals surface area contributed by atoms with E-state index in [4.69, 9.17) is 14.6 Å². The predicted octanol–water partition coefficient (Wildman–Crippen LogP) is 2.72. The average molecular weight is 573 g/mol. The highest BCUT2D eigenvalue weighted by Crippen LogP contribution is 2.68. The Morgan fingerprint density at radius 1 is 1.15 bits per heavy atom. The second-order valence-corrected chi connectivity index (χ2v) is 12.7. The number of rotatable bonds is 9. The van der Waals surface area contributed by atoms with E-state index in [9.17, 15) is 24.0 Å². The number of nitrogens with zero attached hydrogens (tertiary/aromatic N) is 1. The molecule has 2 aromatic rings. The summed E-state index contributed by atoms with van der Waals surface area (Å²) in [5.41, 5.74) is 0.933. The SMILES string of the molecule is CCOC(=O)COc1cccc([C@H]2c3sc(=O)[nH]c3SC3C4CC(C5C(=O)N(CCCC(=O)O)C(=O)C45)C32)c1. The zero-order valence-corrected chi connectivity index (χ0v) is 22.8. The van der Waals surface area contributed by atoms with Gasteiger partial charge in [0.15, 0.2) is 6.61 Å². The second-order valence-electron chi connectivity index (χ2n) is 10.5. The number of ether oxygens (including phenoxy) is 2. The van der Waals surface area contributed by atoms with Crippen LogP contribution in [0.3, 0.4) is 0 Å². The number of fused-ring (bicyclic) bond motifs is 9. The standard InChI is InChI=1S/C27H28N2O8S2/c1-2-36-17(32)11-37-13-6-3-5-12(9-13)18-19-14-10-15(22(19)38-24-23(18)39-27(35)28-24)21-20(14)25(33)29(26(21)34)8-4-7-16(30)31/h3,5-6,9,14-15,18-22H,2,4,7-8,10-11H2,1H3,(H,28,35)(H,30,31)/t14?,15?,18-,19?,20?,21?,22?/m1/s1. The van der Waals surface area contributed by atoms with Gasteiger partial charge in [0.2, 0.25) is 11.8 Å². The quantitative estimate of drug-likeness (QED) is 0.342. The van der Waals surface area contributed by atoms with Gasteiger partial charge in [-0.1, -0.05) is 23.5 Å². The number of likely N-dealkylation sites (tertiary alicyclic amines) is 1. The van der Waals surface area contributed by atoms with E-state index in [0.29, 0.717) is 5.75 Å². The molecule has 1 saturated heterocycles. The minimum atomic E-state index is -0.951. The third kappa shape index (κ3) is 4.37. The number of imide groups is 1. The molecule has 0 spiro atoms. The first-order valence-corrected chi connectivity index (χ1v) is 14.8. The van der Waals surface area contributed by atoms with Gasteiger partial charge in [0, 0.05) is 29.0 Å². The molecule has 2 N–H and O–H groups in total. The topological polar surface area (TPSA) is 143 Å². The molecule has 12 heteroatoms. The molecule has 6 rings (SSSR count). The lowest BCUT2D eigenvalue weighted by molar-refractivity contribution is -0.145. The Morgan fingerprint density at radius 3 is 2.67 bits per heavy atom. The van der Waals surface area contributed by atoms with E-state index in [0.717, 1.165) is 21.9 Å². The lowest BCUT2D eigenvalue weighted by Gasteiger charge is -2.43. The number of benzene rings is 1. The summed E-state index contributed by atoms with van der Waals surface area (Å²) in [4.78, 5) is 67.2. The summed E-state index contributed by atoms with van der Waals surface area (Å²) in [5.74, 6) is -2.24. The summed E-state index contributed by atoms with van der Waals surface area (Å²) < 4.78 is 10.7. The fourth-order valence-electron chi connectivity index (χ4n) is 7.20. The van der Waals surface area contributed by atoms with Gasteiger partial charge < -0.3 is 19.6 Å². The number of carboxylic acid groups (broad SMARTS) is 1. The van der Waals surface area contributed by atoms with Crippen LogP contribution >= 0.6 is 23.1 Å². The van der Waals surface area contributed by atoms with Gasteiger partial charge in [0.25, 0.3) is 0 Å². The van der Waals surface area contributed by atoms with Crippen LogP contribution in [0.5, 0.6) is 5.75 Å². The highest BCUT2D eigenvalue weighted by atomic mass is 32.2. The summed E-state index contributed by atoms with van der Waals surface area (Å²) in [6.07, 6.45) is 0.917. The van der Waals surface area contributed by atoms with E-state index in [1.54, 1.807) is 24.8 Å². The Hall–Kier alpha value is -3.12. The zero-order chi connectivity index (χ0) is 27.4. The van der Waals surface area contributed by atoms with Crippen molar-refractivity contribution in [2.24, 2.45) is 29.6 Å². The minimum Gasteiger partial charge on any atom is -0.482 e. The average Bonchev–Trinajstić information content (AvgIpc) is 3.63. The van der Waals surface area contributed by atoms with Crippen molar-refractivity contribution in [3.05, 3.63) is 44.4 Å². The van der Waals surface area contributed by atoms with Crippen LogP contribution in [-0.4, -0.2) is 63.8 Å². The molecule has 3 fully saturated rings. The Morgan fingerprint density at radius 2 is 1.92 bits per heavy atom. The van der Waals surface area contributed by atoms with Crippen LogP contribution in [0.15, 0.2) is 34.1 Å². The number of hydrogen-bond donors (Lipinski definition) is 2. The van der Waals surface area contributed by atoms with Crippen molar-refractivity contribution >= 4 is 46.9 Å². The first-order chi connectivity index (χ1) is 18.8. The third-order valence-corrected chi connectivity index (χ3v) is 11.1. The normalized spacial score (nSPS) is 30.2. The number of esters is 1. The Bertz CT molecular complexity index is 1400. The number of aromatic amines is 1. The summed E-state index contributed by atoms with van der Waals surface area (Å²) >= 11 is 2.79. The van der Waals surface area contributed by atoms with Crippen molar-refractivity contribution in [1.82, 2.24) is 9.88 Å². The number of H-pyrrole nitrogens is 1. The summed E-state index contributed by atoms with van der Waals surface area (Å²) in [5, 5.41) is 9.86. The van der Waals surface area contributed by atoms with Crippen molar-refractivity contribution in [2.75, 3.05) is 19.8 Å². The van der Waals surface area contributed by atoms with Crippen molar-refractivity contribution < 1.29 is 33.8 Å². The number of thiazole rings is 1. The van der Waals surface area contributed by atoms with E-state index in [-0.39, 0.29) is 78.2 Å². The molecule has 1 aromatic carbocycles. The molecule has 206 valence electrons. The molecule has 4 aliphatic rings. The third-order valence-electron chi connectivity index (χ3n) is 8.47. The largest absolute Gasteiger partial charge is 0.482 e. The van der Waals surface area contributed by atoms with Crippen LogP contribution in [0.2, 0.25) is 0 Å². The number of thioether (sulfide) groups is 1. The van der Waals surface area contributed by atoms with Crippen LogP contribution in [0.1, 0.15) is 42.5 Å². The van der Waals surface area contributed by atoms with E-state index in [1.165, 1.54) is 16.2 Å². The molecule has 6 unspecified atom stereocenters. The van der Waals surface area contributed by atoms with Crippen molar-refractivity contribution in [1.29, 1.82) is 0 Å². The number of hydrogen-bond acceptors (Lipinski definition) is 9. The molecule has 39 heavy (non-hydrogen) atoms. The Kier molecular flexibility index (Phi) is 6.78. The number of aliphatic carboxylic acids is 1. The predicted molar refractivity (Wildman–Crippen MR) is 141 cm³/mol. The molecule has 2 aliphatic carbocycles. The second kappa shape index (κ2) is 10.1. The zero-order valence-electron chi connectivity index (χ0n) is 21.2. The van der Waals surface area contributed by atoms with Gasteiger partial charge in [0.1, 0.15) is 5.75 Å². The molecule has 1 aromatic heterocycles. The summed E-state index contributed by atoms with van der Waals surface area (Å²) in [7, 11) is 0. The number of amides is 2. The van der Waals surface area contributed by atoms with Crippen molar-refractivity contribution in [2.45, 2.75) is 42.4 Å².